The number of rotatable bonds is 2. The van der Waals surface area contributed by atoms with Crippen LogP contribution in [0.5, 0.6) is 0 Å². The van der Waals surface area contributed by atoms with E-state index in [4.69, 9.17) is 17.3 Å². The summed E-state index contributed by atoms with van der Waals surface area (Å²) in [6.07, 6.45) is 6.73. The first-order valence-electron chi connectivity index (χ1n) is 8.87. The number of nitrogens with two attached hydrogens (primary N) is 1. The second-order valence-electron chi connectivity index (χ2n) is 6.96. The number of pyridine rings is 1. The maximum absolute atomic E-state index is 11.9. The molecule has 5 nitrogen and oxygen atoms in total. The van der Waals surface area contributed by atoms with Gasteiger partial charge in [-0.05, 0) is 60.9 Å². The standard InChI is InChI=1S/C20H20ClN3O2/c1-24-17-9-16(21)14(8-11(17)6-7-18(24)25)15-10-23-19(20(22)26)13-5-3-2-4-12(13)15/h8-10H,2-7H2,1H3,(H2,22,26). The highest BCUT2D eigenvalue weighted by Gasteiger charge is 2.26. The number of aromatic nitrogens is 1. The van der Waals surface area contributed by atoms with Crippen LogP contribution >= 0.6 is 11.6 Å². The fraction of sp³-hybridized carbons (Fsp3) is 0.350. The maximum atomic E-state index is 11.9. The van der Waals surface area contributed by atoms with Crippen molar-refractivity contribution in [3.05, 3.63) is 45.7 Å². The summed E-state index contributed by atoms with van der Waals surface area (Å²) in [7, 11) is 1.78. The highest BCUT2D eigenvalue weighted by Crippen LogP contribution is 2.40. The monoisotopic (exact) mass is 369 g/mol. The molecule has 0 spiro atoms. The summed E-state index contributed by atoms with van der Waals surface area (Å²) < 4.78 is 0. The highest BCUT2D eigenvalue weighted by atomic mass is 35.5. The van der Waals surface area contributed by atoms with Gasteiger partial charge in [0.25, 0.3) is 5.91 Å². The van der Waals surface area contributed by atoms with Gasteiger partial charge in [-0.2, -0.15) is 0 Å². The first-order chi connectivity index (χ1) is 12.5. The van der Waals surface area contributed by atoms with E-state index in [0.29, 0.717) is 23.6 Å². The van der Waals surface area contributed by atoms with Crippen molar-refractivity contribution < 1.29 is 9.59 Å². The van der Waals surface area contributed by atoms with E-state index in [9.17, 15) is 9.59 Å². The SMILES string of the molecule is CN1C(=O)CCc2cc(-c3cnc(C(N)=O)c4c3CCCC4)c(Cl)cc21. The van der Waals surface area contributed by atoms with Crippen molar-refractivity contribution in [3.63, 3.8) is 0 Å². The van der Waals surface area contributed by atoms with Crippen molar-refractivity contribution in [2.24, 2.45) is 5.73 Å². The van der Waals surface area contributed by atoms with Crippen molar-refractivity contribution in [1.82, 2.24) is 4.98 Å². The molecule has 2 N–H and O–H groups in total. The molecular formula is C20H20ClN3O2. The molecule has 0 bridgehead atoms. The number of primary amides is 1. The topological polar surface area (TPSA) is 76.3 Å². The second-order valence-corrected chi connectivity index (χ2v) is 7.37. The van der Waals surface area contributed by atoms with Crippen LogP contribution in [0.4, 0.5) is 5.69 Å². The Morgan fingerprint density at radius 2 is 1.85 bits per heavy atom. The second kappa shape index (κ2) is 6.40. The third kappa shape index (κ3) is 2.67. The third-order valence-electron chi connectivity index (χ3n) is 5.44. The molecule has 0 unspecified atom stereocenters. The summed E-state index contributed by atoms with van der Waals surface area (Å²) in [4.78, 5) is 29.7. The Kier molecular flexibility index (Phi) is 4.19. The van der Waals surface area contributed by atoms with Gasteiger partial charge in [0, 0.05) is 36.5 Å². The van der Waals surface area contributed by atoms with Gasteiger partial charge in [0.15, 0.2) is 0 Å². The first-order valence-corrected chi connectivity index (χ1v) is 9.25. The largest absolute Gasteiger partial charge is 0.364 e. The van der Waals surface area contributed by atoms with Gasteiger partial charge in [0.1, 0.15) is 5.69 Å². The molecule has 2 heterocycles. The lowest BCUT2D eigenvalue weighted by molar-refractivity contribution is -0.118. The zero-order chi connectivity index (χ0) is 18.4. The van der Waals surface area contributed by atoms with E-state index in [-0.39, 0.29) is 5.91 Å². The van der Waals surface area contributed by atoms with Gasteiger partial charge < -0.3 is 10.6 Å². The van der Waals surface area contributed by atoms with Crippen LogP contribution in [-0.2, 0) is 24.1 Å². The Balaban J connectivity index is 1.89. The fourth-order valence-corrected chi connectivity index (χ4v) is 4.32. The third-order valence-corrected chi connectivity index (χ3v) is 5.75. The zero-order valence-electron chi connectivity index (χ0n) is 14.6. The number of hydrogen-bond acceptors (Lipinski definition) is 3. The van der Waals surface area contributed by atoms with Crippen molar-refractivity contribution >= 4 is 29.1 Å². The zero-order valence-corrected chi connectivity index (χ0v) is 15.4. The molecule has 1 aromatic carbocycles. The van der Waals surface area contributed by atoms with Crippen LogP contribution in [0.15, 0.2) is 18.3 Å². The highest BCUT2D eigenvalue weighted by molar-refractivity contribution is 6.34. The minimum atomic E-state index is -0.480. The number of amides is 2. The Morgan fingerprint density at radius 1 is 1.12 bits per heavy atom. The summed E-state index contributed by atoms with van der Waals surface area (Å²) in [5.74, 6) is -0.377. The van der Waals surface area contributed by atoms with E-state index >= 15 is 0 Å². The molecule has 26 heavy (non-hydrogen) atoms. The van der Waals surface area contributed by atoms with E-state index in [0.717, 1.165) is 59.2 Å². The molecule has 2 amide bonds. The lowest BCUT2D eigenvalue weighted by atomic mass is 9.85. The molecule has 0 fully saturated rings. The van der Waals surface area contributed by atoms with Crippen LogP contribution in [-0.4, -0.2) is 23.8 Å². The number of hydrogen-bond donors (Lipinski definition) is 1. The maximum Gasteiger partial charge on any atom is 0.267 e. The predicted octanol–water partition coefficient (Wildman–Crippen LogP) is 3.29. The van der Waals surface area contributed by atoms with E-state index < -0.39 is 5.91 Å². The molecule has 4 rings (SSSR count). The van der Waals surface area contributed by atoms with Crippen molar-refractivity contribution in [2.45, 2.75) is 38.5 Å². The minimum absolute atomic E-state index is 0.103. The summed E-state index contributed by atoms with van der Waals surface area (Å²) in [6.45, 7) is 0. The molecule has 0 saturated heterocycles. The smallest absolute Gasteiger partial charge is 0.267 e. The molecule has 0 atom stereocenters. The number of aryl methyl sites for hydroxylation is 1. The van der Waals surface area contributed by atoms with Crippen molar-refractivity contribution in [2.75, 3.05) is 11.9 Å². The van der Waals surface area contributed by atoms with Gasteiger partial charge in [-0.1, -0.05) is 11.6 Å². The lowest BCUT2D eigenvalue weighted by Gasteiger charge is -2.27. The molecule has 1 aliphatic carbocycles. The summed E-state index contributed by atoms with van der Waals surface area (Å²) in [6, 6.07) is 3.93. The number of carbonyl (C=O) groups is 2. The molecule has 0 saturated carbocycles. The molecule has 0 radical (unpaired) electrons. The molecule has 6 heteroatoms. The Bertz CT molecular complexity index is 939. The number of nitrogens with zero attached hydrogens (tertiary/aromatic N) is 2. The van der Waals surface area contributed by atoms with Gasteiger partial charge in [-0.15, -0.1) is 0 Å². The van der Waals surface area contributed by atoms with E-state index in [2.05, 4.69) is 11.1 Å². The van der Waals surface area contributed by atoms with E-state index in [1.54, 1.807) is 18.1 Å². The Hall–Kier alpha value is -2.40. The van der Waals surface area contributed by atoms with Crippen molar-refractivity contribution in [1.29, 1.82) is 0 Å². The van der Waals surface area contributed by atoms with E-state index in [1.807, 2.05) is 6.07 Å². The average Bonchev–Trinajstić information content (AvgIpc) is 2.64. The van der Waals surface area contributed by atoms with Gasteiger partial charge in [0.2, 0.25) is 5.91 Å². The van der Waals surface area contributed by atoms with Crippen LogP contribution in [0, 0.1) is 0 Å². The Morgan fingerprint density at radius 3 is 2.58 bits per heavy atom. The normalized spacial score (nSPS) is 16.2. The van der Waals surface area contributed by atoms with Crippen molar-refractivity contribution in [3.8, 4) is 11.1 Å². The van der Waals surface area contributed by atoms with Crippen LogP contribution in [0.25, 0.3) is 11.1 Å². The number of anilines is 1. The molecule has 2 aromatic rings. The fourth-order valence-electron chi connectivity index (χ4n) is 4.06. The van der Waals surface area contributed by atoms with Gasteiger partial charge in [-0.3, -0.25) is 14.6 Å². The number of halogens is 1. The van der Waals surface area contributed by atoms with Gasteiger partial charge in [-0.25, -0.2) is 0 Å². The van der Waals surface area contributed by atoms with Crippen LogP contribution < -0.4 is 10.6 Å². The molecule has 1 aliphatic heterocycles. The number of fused-ring (bicyclic) bond motifs is 2. The van der Waals surface area contributed by atoms with E-state index in [1.165, 1.54) is 0 Å². The summed E-state index contributed by atoms with van der Waals surface area (Å²) in [5.41, 5.74) is 11.8. The average molecular weight is 370 g/mol. The van der Waals surface area contributed by atoms with Crippen LogP contribution in [0.3, 0.4) is 0 Å². The molecule has 134 valence electrons. The molecule has 1 aromatic heterocycles. The Labute approximate surface area is 157 Å². The predicted molar refractivity (Wildman–Crippen MR) is 102 cm³/mol. The summed E-state index contributed by atoms with van der Waals surface area (Å²) >= 11 is 6.60. The molecular weight excluding hydrogens is 350 g/mol. The number of carbonyl (C=O) groups excluding carboxylic acids is 2. The van der Waals surface area contributed by atoms with Crippen LogP contribution in [0.2, 0.25) is 5.02 Å². The van der Waals surface area contributed by atoms with Gasteiger partial charge in [0.05, 0.1) is 5.02 Å². The minimum Gasteiger partial charge on any atom is -0.364 e. The van der Waals surface area contributed by atoms with Gasteiger partial charge >= 0.3 is 0 Å². The summed E-state index contributed by atoms with van der Waals surface area (Å²) in [5, 5.41) is 0.590. The molecule has 2 aliphatic rings. The van der Waals surface area contributed by atoms with Crippen LogP contribution in [0.1, 0.15) is 46.4 Å². The first kappa shape index (κ1) is 17.0. The number of benzene rings is 1. The quantitative estimate of drug-likeness (QED) is 0.882. The lowest BCUT2D eigenvalue weighted by Crippen LogP contribution is -2.31.